The minimum Gasteiger partial charge on any atom is -0.482 e. The fraction of sp³-hybridized carbons (Fsp3) is 0.269. The minimum atomic E-state index is -3.79. The average Bonchev–Trinajstić information content (AvgIpc) is 2.86. The largest absolute Gasteiger partial charge is 0.482 e. The molecule has 0 aliphatic rings. The molecule has 7 nitrogen and oxygen atoms in total. The fourth-order valence-electron chi connectivity index (χ4n) is 3.38. The van der Waals surface area contributed by atoms with Gasteiger partial charge in [0.05, 0.1) is 22.5 Å². The summed E-state index contributed by atoms with van der Waals surface area (Å²) >= 11 is 5.97. The van der Waals surface area contributed by atoms with Gasteiger partial charge in [-0.05, 0) is 73.5 Å². The van der Waals surface area contributed by atoms with Crippen LogP contribution in [0.5, 0.6) is 5.75 Å². The third kappa shape index (κ3) is 7.80. The Kier molecular flexibility index (Phi) is 9.68. The number of esters is 1. The van der Waals surface area contributed by atoms with Gasteiger partial charge in [0.25, 0.3) is 0 Å². The SMILES string of the molecule is CCOC(=O)COc1cccc(S(=O)(=O)c2cccc(CCNC[C@H](O)c3cccc(Cl)c3)c2)c1. The number of carbonyl (C=O) groups is 1. The van der Waals surface area contributed by atoms with Gasteiger partial charge < -0.3 is 19.9 Å². The van der Waals surface area contributed by atoms with E-state index in [1.807, 2.05) is 12.1 Å². The Labute approximate surface area is 210 Å². The first-order chi connectivity index (χ1) is 16.8. The van der Waals surface area contributed by atoms with Crippen molar-refractivity contribution in [3.05, 3.63) is 88.9 Å². The van der Waals surface area contributed by atoms with E-state index >= 15 is 0 Å². The molecular formula is C26H28ClNO6S. The van der Waals surface area contributed by atoms with E-state index in [1.165, 1.54) is 12.1 Å². The van der Waals surface area contributed by atoms with Gasteiger partial charge in [0.15, 0.2) is 6.61 Å². The summed E-state index contributed by atoms with van der Waals surface area (Å²) < 4.78 is 36.5. The normalized spacial score (nSPS) is 12.2. The molecule has 0 bridgehead atoms. The van der Waals surface area contributed by atoms with Crippen LogP contribution < -0.4 is 10.1 Å². The van der Waals surface area contributed by atoms with E-state index in [9.17, 15) is 18.3 Å². The van der Waals surface area contributed by atoms with E-state index in [4.69, 9.17) is 21.1 Å². The standard InChI is InChI=1S/C26H28ClNO6S/c1-2-33-26(30)18-34-22-9-5-11-24(16-22)35(31,32)23-10-3-6-19(14-23)12-13-28-17-25(29)20-7-4-8-21(27)15-20/h3-11,14-16,25,28-29H,2,12-13,17-18H2,1H3/t25-/m0/s1. The van der Waals surface area contributed by atoms with Crippen molar-refractivity contribution in [1.82, 2.24) is 5.32 Å². The first-order valence-electron chi connectivity index (χ1n) is 11.2. The van der Waals surface area contributed by atoms with Crippen molar-refractivity contribution in [2.24, 2.45) is 0 Å². The molecule has 0 fully saturated rings. The highest BCUT2D eigenvalue weighted by Gasteiger charge is 2.19. The summed E-state index contributed by atoms with van der Waals surface area (Å²) in [6.45, 7) is 2.53. The van der Waals surface area contributed by atoms with Crippen LogP contribution in [0.1, 0.15) is 24.2 Å². The summed E-state index contributed by atoms with van der Waals surface area (Å²) in [5, 5.41) is 14.1. The van der Waals surface area contributed by atoms with E-state index in [2.05, 4.69) is 5.32 Å². The maximum Gasteiger partial charge on any atom is 0.344 e. The van der Waals surface area contributed by atoms with Crippen LogP contribution in [-0.4, -0.2) is 45.8 Å². The zero-order valence-corrected chi connectivity index (χ0v) is 20.9. The predicted octanol–water partition coefficient (Wildman–Crippen LogP) is 3.98. The monoisotopic (exact) mass is 517 g/mol. The highest BCUT2D eigenvalue weighted by Crippen LogP contribution is 2.25. The number of halogens is 1. The fourth-order valence-corrected chi connectivity index (χ4v) is 4.95. The molecule has 35 heavy (non-hydrogen) atoms. The van der Waals surface area contributed by atoms with Crippen LogP contribution in [0.15, 0.2) is 82.6 Å². The van der Waals surface area contributed by atoms with Crippen LogP contribution in [0.25, 0.3) is 0 Å². The zero-order chi connectivity index (χ0) is 25.3. The Morgan fingerprint density at radius 2 is 1.74 bits per heavy atom. The van der Waals surface area contributed by atoms with Gasteiger partial charge in [-0.25, -0.2) is 13.2 Å². The van der Waals surface area contributed by atoms with E-state index in [-0.39, 0.29) is 28.8 Å². The predicted molar refractivity (Wildman–Crippen MR) is 133 cm³/mol. The Balaban J connectivity index is 1.60. The van der Waals surface area contributed by atoms with Crippen molar-refractivity contribution < 1.29 is 27.8 Å². The third-order valence-electron chi connectivity index (χ3n) is 5.15. The van der Waals surface area contributed by atoms with Gasteiger partial charge >= 0.3 is 5.97 Å². The van der Waals surface area contributed by atoms with Crippen molar-refractivity contribution in [3.8, 4) is 5.75 Å². The molecule has 0 saturated carbocycles. The lowest BCUT2D eigenvalue weighted by Gasteiger charge is -2.13. The molecule has 0 aliphatic heterocycles. The topological polar surface area (TPSA) is 102 Å². The Bertz CT molecular complexity index is 1250. The number of carbonyl (C=O) groups excluding carboxylic acids is 1. The van der Waals surface area contributed by atoms with Gasteiger partial charge in [0.2, 0.25) is 9.84 Å². The molecule has 0 saturated heterocycles. The summed E-state index contributed by atoms with van der Waals surface area (Å²) in [5.74, 6) is -0.264. The zero-order valence-electron chi connectivity index (χ0n) is 19.3. The number of benzene rings is 3. The van der Waals surface area contributed by atoms with Crippen molar-refractivity contribution in [3.63, 3.8) is 0 Å². The van der Waals surface area contributed by atoms with Crippen LogP contribution in [0, 0.1) is 0 Å². The lowest BCUT2D eigenvalue weighted by molar-refractivity contribution is -0.145. The second-order valence-electron chi connectivity index (χ2n) is 7.74. The molecule has 0 unspecified atom stereocenters. The quantitative estimate of drug-likeness (QED) is 0.277. The van der Waals surface area contributed by atoms with Crippen LogP contribution in [0.4, 0.5) is 0 Å². The molecule has 0 radical (unpaired) electrons. The van der Waals surface area contributed by atoms with E-state index in [0.29, 0.717) is 24.5 Å². The van der Waals surface area contributed by atoms with E-state index in [1.54, 1.807) is 55.5 Å². The number of nitrogens with one attached hydrogen (secondary N) is 1. The molecule has 0 spiro atoms. The number of rotatable bonds is 12. The molecule has 3 aromatic rings. The van der Waals surface area contributed by atoms with E-state index < -0.39 is 21.9 Å². The second-order valence-corrected chi connectivity index (χ2v) is 10.1. The molecule has 0 aliphatic carbocycles. The third-order valence-corrected chi connectivity index (χ3v) is 7.13. The molecule has 186 valence electrons. The molecule has 2 N–H and O–H groups in total. The lowest BCUT2D eigenvalue weighted by Crippen LogP contribution is -2.23. The number of ether oxygens (including phenoxy) is 2. The molecule has 9 heteroatoms. The Hall–Kier alpha value is -2.91. The van der Waals surface area contributed by atoms with Crippen molar-refractivity contribution >= 4 is 27.4 Å². The highest BCUT2D eigenvalue weighted by atomic mass is 35.5. The molecular weight excluding hydrogens is 490 g/mol. The summed E-state index contributed by atoms with van der Waals surface area (Å²) in [5.41, 5.74) is 1.57. The van der Waals surface area contributed by atoms with Gasteiger partial charge in [-0.3, -0.25) is 0 Å². The molecule has 0 heterocycles. The van der Waals surface area contributed by atoms with Crippen molar-refractivity contribution in [2.45, 2.75) is 29.2 Å². The lowest BCUT2D eigenvalue weighted by atomic mass is 10.1. The summed E-state index contributed by atoms with van der Waals surface area (Å²) in [4.78, 5) is 11.7. The summed E-state index contributed by atoms with van der Waals surface area (Å²) in [6, 6.07) is 19.8. The van der Waals surface area contributed by atoms with Crippen LogP contribution in [-0.2, 0) is 25.8 Å². The smallest absolute Gasteiger partial charge is 0.344 e. The first kappa shape index (κ1) is 26.7. The van der Waals surface area contributed by atoms with Crippen LogP contribution in [0.3, 0.4) is 0 Å². The van der Waals surface area contributed by atoms with Gasteiger partial charge in [-0.2, -0.15) is 0 Å². The number of aliphatic hydroxyl groups excluding tert-OH is 1. The Morgan fingerprint density at radius 1 is 1.03 bits per heavy atom. The van der Waals surface area contributed by atoms with Crippen molar-refractivity contribution in [2.75, 3.05) is 26.3 Å². The summed E-state index contributed by atoms with van der Waals surface area (Å²) in [6.07, 6.45) is -0.118. The number of hydrogen-bond acceptors (Lipinski definition) is 7. The number of sulfone groups is 1. The molecule has 0 aromatic heterocycles. The van der Waals surface area contributed by atoms with Crippen molar-refractivity contribution in [1.29, 1.82) is 0 Å². The average molecular weight is 518 g/mol. The van der Waals surface area contributed by atoms with E-state index in [0.717, 1.165) is 11.1 Å². The Morgan fingerprint density at radius 3 is 2.49 bits per heavy atom. The second kappa shape index (κ2) is 12.7. The summed E-state index contributed by atoms with van der Waals surface area (Å²) in [7, 11) is -3.79. The first-order valence-corrected chi connectivity index (χ1v) is 13.0. The number of aliphatic hydroxyl groups is 1. The maximum absolute atomic E-state index is 13.2. The van der Waals surface area contributed by atoms with Gasteiger partial charge in [0.1, 0.15) is 5.75 Å². The maximum atomic E-state index is 13.2. The molecule has 1 atom stereocenters. The minimum absolute atomic E-state index is 0.0683. The molecule has 3 rings (SSSR count). The van der Waals surface area contributed by atoms with Crippen LogP contribution >= 0.6 is 11.6 Å². The van der Waals surface area contributed by atoms with Gasteiger partial charge in [-0.15, -0.1) is 0 Å². The number of hydrogen-bond donors (Lipinski definition) is 2. The molecule has 0 amide bonds. The van der Waals surface area contributed by atoms with Gasteiger partial charge in [0, 0.05) is 11.6 Å². The highest BCUT2D eigenvalue weighted by molar-refractivity contribution is 7.91. The van der Waals surface area contributed by atoms with Crippen LogP contribution in [0.2, 0.25) is 5.02 Å². The molecule has 3 aromatic carbocycles. The van der Waals surface area contributed by atoms with Gasteiger partial charge in [-0.1, -0.05) is 41.9 Å².